The zero-order valence-corrected chi connectivity index (χ0v) is 15.2. The SMILES string of the molecule is Cc1nc(N)sc1-c1ccnc(NC2CCN(S(C)(=O)=O)CC2)n1. The topological polar surface area (TPSA) is 114 Å². The summed E-state index contributed by atoms with van der Waals surface area (Å²) in [5.74, 6) is 0.539. The second-order valence-corrected chi connectivity index (χ2v) is 8.83. The molecule has 0 aromatic carbocycles. The Hall–Kier alpha value is -1.78. The highest BCUT2D eigenvalue weighted by atomic mass is 32.2. The molecule has 3 heterocycles. The monoisotopic (exact) mass is 368 g/mol. The van der Waals surface area contributed by atoms with Crippen LogP contribution in [0.2, 0.25) is 0 Å². The second-order valence-electron chi connectivity index (χ2n) is 5.81. The first-order valence-electron chi connectivity index (χ1n) is 7.61. The van der Waals surface area contributed by atoms with E-state index in [1.807, 2.05) is 13.0 Å². The molecule has 24 heavy (non-hydrogen) atoms. The summed E-state index contributed by atoms with van der Waals surface area (Å²) in [5.41, 5.74) is 7.38. The number of anilines is 2. The minimum Gasteiger partial charge on any atom is -0.375 e. The standard InChI is InChI=1S/C14H20N6O2S2/c1-9-12(23-13(15)17-9)11-3-6-16-14(19-11)18-10-4-7-20(8-5-10)24(2,21)22/h3,6,10H,4-5,7-8H2,1-2H3,(H2,15,17)(H,16,18,19). The lowest BCUT2D eigenvalue weighted by Gasteiger charge is -2.30. The quantitative estimate of drug-likeness (QED) is 0.836. The van der Waals surface area contributed by atoms with Crippen molar-refractivity contribution >= 4 is 32.4 Å². The van der Waals surface area contributed by atoms with Gasteiger partial charge in [0.1, 0.15) is 0 Å². The molecule has 0 aliphatic carbocycles. The van der Waals surface area contributed by atoms with E-state index in [4.69, 9.17) is 5.73 Å². The molecule has 1 saturated heterocycles. The van der Waals surface area contributed by atoms with Crippen molar-refractivity contribution in [1.29, 1.82) is 0 Å². The third kappa shape index (κ3) is 3.82. The molecule has 0 bridgehead atoms. The average Bonchev–Trinajstić information content (AvgIpc) is 2.86. The van der Waals surface area contributed by atoms with E-state index in [2.05, 4.69) is 20.3 Å². The van der Waals surface area contributed by atoms with Gasteiger partial charge >= 0.3 is 0 Å². The second kappa shape index (κ2) is 6.61. The Morgan fingerprint density at radius 1 is 1.33 bits per heavy atom. The first-order valence-corrected chi connectivity index (χ1v) is 10.3. The van der Waals surface area contributed by atoms with Gasteiger partial charge in [0.25, 0.3) is 0 Å². The van der Waals surface area contributed by atoms with Gasteiger partial charge in [-0.2, -0.15) is 0 Å². The van der Waals surface area contributed by atoms with Crippen molar-refractivity contribution < 1.29 is 8.42 Å². The van der Waals surface area contributed by atoms with Gasteiger partial charge in [0.15, 0.2) is 5.13 Å². The maximum Gasteiger partial charge on any atom is 0.223 e. The van der Waals surface area contributed by atoms with Crippen LogP contribution in [0, 0.1) is 6.92 Å². The number of thiazole rings is 1. The Labute approximate surface area is 145 Å². The molecule has 130 valence electrons. The van der Waals surface area contributed by atoms with Gasteiger partial charge in [-0.05, 0) is 25.8 Å². The van der Waals surface area contributed by atoms with Crippen molar-refractivity contribution in [3.8, 4) is 10.6 Å². The molecule has 0 unspecified atom stereocenters. The molecule has 2 aromatic rings. The fourth-order valence-corrected chi connectivity index (χ4v) is 4.40. The van der Waals surface area contributed by atoms with Gasteiger partial charge in [-0.25, -0.2) is 27.7 Å². The molecule has 0 spiro atoms. The number of nitrogens with one attached hydrogen (secondary N) is 1. The van der Waals surface area contributed by atoms with Crippen LogP contribution in [0.4, 0.5) is 11.1 Å². The molecule has 1 fully saturated rings. The number of sulfonamides is 1. The van der Waals surface area contributed by atoms with Crippen LogP contribution < -0.4 is 11.1 Å². The van der Waals surface area contributed by atoms with E-state index < -0.39 is 10.0 Å². The van der Waals surface area contributed by atoms with Crippen molar-refractivity contribution in [1.82, 2.24) is 19.3 Å². The lowest BCUT2D eigenvalue weighted by atomic mass is 10.1. The number of nitrogen functional groups attached to an aromatic ring is 1. The number of hydrogen-bond acceptors (Lipinski definition) is 8. The maximum absolute atomic E-state index is 11.6. The summed E-state index contributed by atoms with van der Waals surface area (Å²) >= 11 is 1.40. The molecule has 0 radical (unpaired) electrons. The number of rotatable bonds is 4. The predicted molar refractivity (Wildman–Crippen MR) is 95.4 cm³/mol. The van der Waals surface area contributed by atoms with Crippen LogP contribution in [-0.2, 0) is 10.0 Å². The van der Waals surface area contributed by atoms with E-state index >= 15 is 0 Å². The molecule has 0 amide bonds. The molecule has 10 heteroatoms. The molecular weight excluding hydrogens is 348 g/mol. The number of hydrogen-bond donors (Lipinski definition) is 2. The fraction of sp³-hybridized carbons (Fsp3) is 0.500. The number of aryl methyl sites for hydroxylation is 1. The van der Waals surface area contributed by atoms with Gasteiger partial charge < -0.3 is 11.1 Å². The predicted octanol–water partition coefficient (Wildman–Crippen LogP) is 1.33. The van der Waals surface area contributed by atoms with Crippen molar-refractivity contribution in [2.24, 2.45) is 0 Å². The van der Waals surface area contributed by atoms with Crippen molar-refractivity contribution in [3.05, 3.63) is 18.0 Å². The summed E-state index contributed by atoms with van der Waals surface area (Å²) in [6.45, 7) is 2.93. The van der Waals surface area contributed by atoms with Crippen LogP contribution in [0.15, 0.2) is 12.3 Å². The molecule has 0 atom stereocenters. The fourth-order valence-electron chi connectivity index (χ4n) is 2.72. The van der Waals surface area contributed by atoms with Crippen LogP contribution >= 0.6 is 11.3 Å². The molecule has 1 aliphatic rings. The van der Waals surface area contributed by atoms with Crippen molar-refractivity contribution in [2.45, 2.75) is 25.8 Å². The van der Waals surface area contributed by atoms with Crippen LogP contribution in [0.1, 0.15) is 18.5 Å². The lowest BCUT2D eigenvalue weighted by molar-refractivity contribution is 0.331. The lowest BCUT2D eigenvalue weighted by Crippen LogP contribution is -2.42. The van der Waals surface area contributed by atoms with Crippen LogP contribution in [0.3, 0.4) is 0 Å². The van der Waals surface area contributed by atoms with Gasteiger partial charge in [0, 0.05) is 25.3 Å². The normalized spacial score (nSPS) is 17.1. The van der Waals surface area contributed by atoms with Gasteiger partial charge in [-0.15, -0.1) is 0 Å². The Morgan fingerprint density at radius 2 is 2.04 bits per heavy atom. The number of nitrogens with two attached hydrogens (primary N) is 1. The van der Waals surface area contributed by atoms with Crippen LogP contribution in [0.25, 0.3) is 10.6 Å². The van der Waals surface area contributed by atoms with Crippen molar-refractivity contribution in [2.75, 3.05) is 30.4 Å². The van der Waals surface area contributed by atoms with Crippen LogP contribution in [0.5, 0.6) is 0 Å². The summed E-state index contributed by atoms with van der Waals surface area (Å²) in [5, 5.41) is 3.82. The van der Waals surface area contributed by atoms with Crippen molar-refractivity contribution in [3.63, 3.8) is 0 Å². The highest BCUT2D eigenvalue weighted by Crippen LogP contribution is 2.30. The van der Waals surface area contributed by atoms with E-state index in [9.17, 15) is 8.42 Å². The number of aromatic nitrogens is 3. The molecular formula is C14H20N6O2S2. The third-order valence-electron chi connectivity index (χ3n) is 3.96. The molecule has 3 N–H and O–H groups in total. The first-order chi connectivity index (χ1) is 11.3. The van der Waals surface area contributed by atoms with Gasteiger partial charge in [-0.1, -0.05) is 11.3 Å². The molecule has 0 saturated carbocycles. The zero-order chi connectivity index (χ0) is 17.3. The van der Waals surface area contributed by atoms with E-state index in [0.29, 0.717) is 24.2 Å². The summed E-state index contributed by atoms with van der Waals surface area (Å²) in [4.78, 5) is 14.0. The summed E-state index contributed by atoms with van der Waals surface area (Å²) in [6.07, 6.45) is 4.41. The molecule has 8 nitrogen and oxygen atoms in total. The Morgan fingerprint density at radius 3 is 2.62 bits per heavy atom. The molecule has 2 aromatic heterocycles. The number of piperidine rings is 1. The Bertz CT molecular complexity index is 828. The average molecular weight is 368 g/mol. The largest absolute Gasteiger partial charge is 0.375 e. The molecule has 1 aliphatic heterocycles. The highest BCUT2D eigenvalue weighted by Gasteiger charge is 2.25. The van der Waals surface area contributed by atoms with Crippen LogP contribution in [-0.4, -0.2) is 53.1 Å². The Balaban J connectivity index is 1.69. The minimum absolute atomic E-state index is 0.158. The van der Waals surface area contributed by atoms with E-state index in [-0.39, 0.29) is 6.04 Å². The smallest absolute Gasteiger partial charge is 0.223 e. The summed E-state index contributed by atoms with van der Waals surface area (Å²) < 4.78 is 24.6. The Kier molecular flexibility index (Phi) is 4.70. The third-order valence-corrected chi connectivity index (χ3v) is 6.27. The van der Waals surface area contributed by atoms with Gasteiger partial charge in [0.05, 0.1) is 22.5 Å². The summed E-state index contributed by atoms with van der Waals surface area (Å²) in [6, 6.07) is 1.99. The van der Waals surface area contributed by atoms with E-state index in [1.54, 1.807) is 6.20 Å². The van der Waals surface area contributed by atoms with Gasteiger partial charge in [-0.3, -0.25) is 0 Å². The minimum atomic E-state index is -3.11. The zero-order valence-electron chi connectivity index (χ0n) is 13.6. The first kappa shape index (κ1) is 17.1. The maximum atomic E-state index is 11.6. The van der Waals surface area contributed by atoms with E-state index in [1.165, 1.54) is 21.9 Å². The molecule has 3 rings (SSSR count). The summed E-state index contributed by atoms with van der Waals surface area (Å²) in [7, 11) is -3.11. The van der Waals surface area contributed by atoms with E-state index in [0.717, 1.165) is 29.1 Å². The number of nitrogens with zero attached hydrogens (tertiary/aromatic N) is 4. The van der Waals surface area contributed by atoms with Gasteiger partial charge in [0.2, 0.25) is 16.0 Å². The highest BCUT2D eigenvalue weighted by molar-refractivity contribution is 7.88.